The summed E-state index contributed by atoms with van der Waals surface area (Å²) in [6.45, 7) is 2.14. The zero-order valence-corrected chi connectivity index (χ0v) is 8.10. The van der Waals surface area contributed by atoms with Crippen molar-refractivity contribution in [3.8, 4) is 6.07 Å². The average Bonchev–Trinajstić information content (AvgIpc) is 2.47. The molecule has 0 radical (unpaired) electrons. The highest BCUT2D eigenvalue weighted by molar-refractivity contribution is 6.30. The van der Waals surface area contributed by atoms with Gasteiger partial charge in [-0.2, -0.15) is 5.26 Å². The van der Waals surface area contributed by atoms with Gasteiger partial charge in [-0.3, -0.25) is 0 Å². The molecule has 1 aliphatic carbocycles. The molecule has 3 heteroatoms. The van der Waals surface area contributed by atoms with Crippen LogP contribution in [0.3, 0.4) is 0 Å². The van der Waals surface area contributed by atoms with Gasteiger partial charge in [-0.15, -0.1) is 0 Å². The number of fused-ring (bicyclic) bond motifs is 1. The van der Waals surface area contributed by atoms with Crippen LogP contribution in [0.15, 0.2) is 6.07 Å². The summed E-state index contributed by atoms with van der Waals surface area (Å²) in [4.78, 5) is 4.25. The first-order chi connectivity index (χ1) is 6.22. The summed E-state index contributed by atoms with van der Waals surface area (Å²) in [6.07, 6.45) is 2.14. The van der Waals surface area contributed by atoms with Crippen molar-refractivity contribution >= 4 is 11.6 Å². The number of hydrogen-bond donors (Lipinski definition) is 0. The van der Waals surface area contributed by atoms with Gasteiger partial charge in [-0.1, -0.05) is 18.5 Å². The van der Waals surface area contributed by atoms with Crippen LogP contribution in [0.2, 0.25) is 5.15 Å². The Morgan fingerprint density at radius 3 is 3.15 bits per heavy atom. The number of halogens is 1. The lowest BCUT2D eigenvalue weighted by molar-refractivity contribution is 0.731. The minimum absolute atomic E-state index is 0.343. The molecule has 13 heavy (non-hydrogen) atoms. The minimum atomic E-state index is 0.343. The van der Waals surface area contributed by atoms with Crippen molar-refractivity contribution in [3.63, 3.8) is 0 Å². The number of hydrogen-bond acceptors (Lipinski definition) is 2. The van der Waals surface area contributed by atoms with Crippen LogP contribution in [-0.2, 0) is 6.42 Å². The second-order valence-electron chi connectivity index (χ2n) is 3.42. The molecule has 0 aromatic carbocycles. The van der Waals surface area contributed by atoms with Gasteiger partial charge < -0.3 is 0 Å². The lowest BCUT2D eigenvalue weighted by Crippen LogP contribution is -1.94. The van der Waals surface area contributed by atoms with Crippen molar-refractivity contribution in [2.75, 3.05) is 0 Å². The molecule has 1 aliphatic rings. The second kappa shape index (κ2) is 3.01. The first-order valence-corrected chi connectivity index (χ1v) is 4.69. The van der Waals surface area contributed by atoms with Gasteiger partial charge in [0.05, 0.1) is 5.56 Å². The summed E-state index contributed by atoms with van der Waals surface area (Å²) in [5.41, 5.74) is 2.76. The molecule has 0 aliphatic heterocycles. The number of aromatic nitrogens is 1. The number of nitrogens with zero attached hydrogens (tertiary/aromatic N) is 2. The molecular formula is C10H9ClN2. The van der Waals surface area contributed by atoms with Crippen LogP contribution in [0.25, 0.3) is 0 Å². The summed E-state index contributed by atoms with van der Waals surface area (Å²) in [5, 5.41) is 9.08. The lowest BCUT2D eigenvalue weighted by atomic mass is 10.1. The molecule has 0 fully saturated rings. The Labute approximate surface area is 82.2 Å². The monoisotopic (exact) mass is 192 g/mol. The molecule has 0 N–H and O–H groups in total. The second-order valence-corrected chi connectivity index (χ2v) is 3.78. The predicted octanol–water partition coefficient (Wildman–Crippen LogP) is 2.66. The van der Waals surface area contributed by atoms with E-state index in [1.165, 1.54) is 5.56 Å². The van der Waals surface area contributed by atoms with E-state index in [-0.39, 0.29) is 0 Å². The highest BCUT2D eigenvalue weighted by Crippen LogP contribution is 2.33. The Morgan fingerprint density at radius 1 is 1.69 bits per heavy atom. The maximum Gasteiger partial charge on any atom is 0.147 e. The van der Waals surface area contributed by atoms with E-state index in [9.17, 15) is 0 Å². The van der Waals surface area contributed by atoms with Gasteiger partial charge >= 0.3 is 0 Å². The van der Waals surface area contributed by atoms with Crippen LogP contribution in [0.4, 0.5) is 0 Å². The molecule has 1 unspecified atom stereocenters. The van der Waals surface area contributed by atoms with E-state index < -0.39 is 0 Å². The summed E-state index contributed by atoms with van der Waals surface area (Å²) in [7, 11) is 0. The lowest BCUT2D eigenvalue weighted by Gasteiger charge is -2.04. The summed E-state index contributed by atoms with van der Waals surface area (Å²) in [5.74, 6) is 0.486. The third kappa shape index (κ3) is 1.30. The molecule has 2 nitrogen and oxygen atoms in total. The van der Waals surface area contributed by atoms with Gasteiger partial charge in [0.2, 0.25) is 0 Å². The molecule has 66 valence electrons. The number of rotatable bonds is 0. The molecule has 0 amide bonds. The van der Waals surface area contributed by atoms with E-state index in [0.717, 1.165) is 18.5 Å². The van der Waals surface area contributed by atoms with Crippen LogP contribution in [0.1, 0.15) is 36.1 Å². The molecule has 1 aromatic heterocycles. The Morgan fingerprint density at radius 2 is 2.46 bits per heavy atom. The molecule has 0 saturated carbocycles. The fourth-order valence-corrected chi connectivity index (χ4v) is 1.95. The maximum absolute atomic E-state index is 8.74. The van der Waals surface area contributed by atoms with Crippen LogP contribution >= 0.6 is 11.6 Å². The number of aryl methyl sites for hydroxylation is 1. The summed E-state index contributed by atoms with van der Waals surface area (Å²) in [6, 6.07) is 3.91. The Kier molecular flexibility index (Phi) is 1.97. The number of nitriles is 1. The van der Waals surface area contributed by atoms with Crippen molar-refractivity contribution in [2.24, 2.45) is 0 Å². The molecule has 0 saturated heterocycles. The SMILES string of the molecule is CC1CCc2cc(C#N)c(Cl)nc21. The smallest absolute Gasteiger partial charge is 0.147 e. The quantitative estimate of drug-likeness (QED) is 0.593. The number of pyridine rings is 1. The van der Waals surface area contributed by atoms with Crippen molar-refractivity contribution in [1.29, 1.82) is 5.26 Å². The molecular weight excluding hydrogens is 184 g/mol. The molecule has 1 heterocycles. The van der Waals surface area contributed by atoms with Gasteiger partial charge in [0.15, 0.2) is 0 Å². The first kappa shape index (κ1) is 8.52. The van der Waals surface area contributed by atoms with E-state index >= 15 is 0 Å². The van der Waals surface area contributed by atoms with Crippen LogP contribution in [-0.4, -0.2) is 4.98 Å². The molecule has 2 rings (SSSR count). The zero-order chi connectivity index (χ0) is 9.42. The first-order valence-electron chi connectivity index (χ1n) is 4.31. The molecule has 0 bridgehead atoms. The highest BCUT2D eigenvalue weighted by atomic mass is 35.5. The highest BCUT2D eigenvalue weighted by Gasteiger charge is 2.21. The average molecular weight is 193 g/mol. The third-order valence-corrected chi connectivity index (χ3v) is 2.81. The van der Waals surface area contributed by atoms with E-state index in [4.69, 9.17) is 16.9 Å². The van der Waals surface area contributed by atoms with E-state index in [2.05, 4.69) is 11.9 Å². The molecule has 0 spiro atoms. The van der Waals surface area contributed by atoms with E-state index in [1.54, 1.807) is 0 Å². The van der Waals surface area contributed by atoms with Crippen molar-refractivity contribution in [1.82, 2.24) is 4.98 Å². The van der Waals surface area contributed by atoms with Crippen LogP contribution < -0.4 is 0 Å². The van der Waals surface area contributed by atoms with Crippen LogP contribution in [0, 0.1) is 11.3 Å². The topological polar surface area (TPSA) is 36.7 Å². The van der Waals surface area contributed by atoms with Crippen molar-refractivity contribution in [3.05, 3.63) is 28.0 Å². The van der Waals surface area contributed by atoms with E-state index in [1.807, 2.05) is 12.1 Å². The third-order valence-electron chi connectivity index (χ3n) is 2.52. The normalized spacial score (nSPS) is 19.6. The van der Waals surface area contributed by atoms with Gasteiger partial charge in [-0.05, 0) is 30.4 Å². The van der Waals surface area contributed by atoms with Gasteiger partial charge in [0, 0.05) is 5.69 Å². The van der Waals surface area contributed by atoms with Crippen LogP contribution in [0.5, 0.6) is 0 Å². The van der Waals surface area contributed by atoms with Gasteiger partial charge in [-0.25, -0.2) is 4.98 Å². The molecule has 1 atom stereocenters. The summed E-state index contributed by atoms with van der Waals surface area (Å²) < 4.78 is 0. The van der Waals surface area contributed by atoms with E-state index in [0.29, 0.717) is 16.6 Å². The standard InChI is InChI=1S/C10H9ClN2/c1-6-2-3-7-4-8(5-12)10(11)13-9(6)7/h4,6H,2-3H2,1H3. The maximum atomic E-state index is 8.74. The zero-order valence-electron chi connectivity index (χ0n) is 7.34. The van der Waals surface area contributed by atoms with Crippen molar-refractivity contribution < 1.29 is 0 Å². The van der Waals surface area contributed by atoms with Crippen molar-refractivity contribution in [2.45, 2.75) is 25.7 Å². The largest absolute Gasteiger partial charge is 0.239 e. The summed E-state index contributed by atoms with van der Waals surface area (Å²) >= 11 is 5.84. The fraction of sp³-hybridized carbons (Fsp3) is 0.400. The fourth-order valence-electron chi connectivity index (χ4n) is 1.76. The minimum Gasteiger partial charge on any atom is -0.239 e. The Bertz CT molecular complexity index is 393. The van der Waals surface area contributed by atoms with Gasteiger partial charge in [0.1, 0.15) is 11.2 Å². The van der Waals surface area contributed by atoms with Gasteiger partial charge in [0.25, 0.3) is 0 Å². The Balaban J connectivity index is 2.58. The Hall–Kier alpha value is -1.07. The predicted molar refractivity (Wildman–Crippen MR) is 50.7 cm³/mol. The molecule has 1 aromatic rings.